The number of hydrogen-bond donors (Lipinski definition) is 2. The van der Waals surface area contributed by atoms with E-state index in [4.69, 9.17) is 19.3 Å². The monoisotopic (exact) mass is 602 g/mol. The number of ether oxygens (including phenoxy) is 2. The molecule has 2 N–H and O–H groups in total. The zero-order chi connectivity index (χ0) is 30.4. The first kappa shape index (κ1) is 39.5. The molecule has 41 heavy (non-hydrogen) atoms. The van der Waals surface area contributed by atoms with Crippen LogP contribution < -0.4 is 0 Å². The number of carbonyl (C=O) groups is 2. The fourth-order valence-corrected chi connectivity index (χ4v) is 4.64. The van der Waals surface area contributed by atoms with E-state index >= 15 is 0 Å². The standard InChI is InChI=1S/C32H59O8P/c1-3-5-7-9-11-13-14-15-16-17-18-19-21-23-25-27-32(34)40-30(29-39-41(35,36)37)28-38-31(33)26-24-22-20-12-10-8-6-4-2/h15-16,18-19,30H,3-14,17,20-29H2,1-2H3,(H2,35,36,37)/b16-15+,19-18+/t30-/m1/s1. The van der Waals surface area contributed by atoms with Crippen molar-refractivity contribution in [2.24, 2.45) is 0 Å². The van der Waals surface area contributed by atoms with Crippen molar-refractivity contribution in [3.63, 3.8) is 0 Å². The second-order valence-electron chi connectivity index (χ2n) is 10.8. The quantitative estimate of drug-likeness (QED) is 0.0377. The number of rotatable bonds is 29. The molecular formula is C32H59O8P. The molecule has 0 spiro atoms. The van der Waals surface area contributed by atoms with E-state index in [9.17, 15) is 14.2 Å². The van der Waals surface area contributed by atoms with Crippen LogP contribution in [0.1, 0.15) is 149 Å². The Morgan fingerprint density at radius 1 is 0.634 bits per heavy atom. The van der Waals surface area contributed by atoms with Crippen LogP contribution in [-0.4, -0.2) is 41.0 Å². The largest absolute Gasteiger partial charge is 0.469 e. The second kappa shape index (κ2) is 28.6. The van der Waals surface area contributed by atoms with Crippen LogP contribution in [0.2, 0.25) is 0 Å². The smallest absolute Gasteiger partial charge is 0.462 e. The van der Waals surface area contributed by atoms with Gasteiger partial charge in [-0.1, -0.05) is 115 Å². The van der Waals surface area contributed by atoms with Gasteiger partial charge < -0.3 is 19.3 Å². The lowest BCUT2D eigenvalue weighted by Crippen LogP contribution is -2.29. The summed E-state index contributed by atoms with van der Waals surface area (Å²) < 4.78 is 26.1. The predicted molar refractivity (Wildman–Crippen MR) is 165 cm³/mol. The van der Waals surface area contributed by atoms with E-state index in [1.54, 1.807) is 0 Å². The van der Waals surface area contributed by atoms with Crippen molar-refractivity contribution in [1.29, 1.82) is 0 Å². The molecular weight excluding hydrogens is 543 g/mol. The molecule has 0 aliphatic carbocycles. The normalized spacial score (nSPS) is 12.8. The fourth-order valence-electron chi connectivity index (χ4n) is 4.28. The highest BCUT2D eigenvalue weighted by Gasteiger charge is 2.22. The summed E-state index contributed by atoms with van der Waals surface area (Å²) in [5.74, 6) is -0.928. The summed E-state index contributed by atoms with van der Waals surface area (Å²) in [6, 6.07) is 0. The van der Waals surface area contributed by atoms with Crippen molar-refractivity contribution in [3.8, 4) is 0 Å². The molecule has 0 aromatic rings. The molecule has 0 aliphatic rings. The molecule has 0 rings (SSSR count). The average molecular weight is 603 g/mol. The highest BCUT2D eigenvalue weighted by molar-refractivity contribution is 7.46. The molecule has 0 saturated heterocycles. The number of phosphoric acid groups is 1. The Hall–Kier alpha value is -1.47. The fraction of sp³-hybridized carbons (Fsp3) is 0.812. The first-order valence-electron chi connectivity index (χ1n) is 16.1. The van der Waals surface area contributed by atoms with Gasteiger partial charge in [0.05, 0.1) is 6.61 Å². The second-order valence-corrected chi connectivity index (χ2v) is 12.0. The highest BCUT2D eigenvalue weighted by Crippen LogP contribution is 2.35. The molecule has 0 amide bonds. The SMILES string of the molecule is CCCCCCCC/C=C/C/C=C/CCCCC(=O)O[C@H](COC(=O)CCCCCCCCCC)COP(=O)(O)O. The molecule has 0 aliphatic heterocycles. The number of hydrogen-bond acceptors (Lipinski definition) is 6. The van der Waals surface area contributed by atoms with Gasteiger partial charge >= 0.3 is 19.8 Å². The summed E-state index contributed by atoms with van der Waals surface area (Å²) in [5.41, 5.74) is 0. The van der Waals surface area contributed by atoms with Gasteiger partial charge in [0.15, 0.2) is 6.10 Å². The van der Waals surface area contributed by atoms with E-state index in [-0.39, 0.29) is 19.4 Å². The van der Waals surface area contributed by atoms with Gasteiger partial charge in [0.25, 0.3) is 0 Å². The van der Waals surface area contributed by atoms with Crippen LogP contribution in [-0.2, 0) is 28.2 Å². The first-order chi connectivity index (χ1) is 19.8. The lowest BCUT2D eigenvalue weighted by Gasteiger charge is -2.18. The molecule has 8 nitrogen and oxygen atoms in total. The summed E-state index contributed by atoms with van der Waals surface area (Å²) >= 11 is 0. The van der Waals surface area contributed by atoms with E-state index in [1.807, 2.05) is 0 Å². The molecule has 0 heterocycles. The summed E-state index contributed by atoms with van der Waals surface area (Å²) in [7, 11) is -4.74. The summed E-state index contributed by atoms with van der Waals surface area (Å²) in [4.78, 5) is 42.3. The first-order valence-corrected chi connectivity index (χ1v) is 17.7. The number of unbranched alkanes of at least 4 members (excludes halogenated alkanes) is 15. The van der Waals surface area contributed by atoms with E-state index in [0.29, 0.717) is 6.42 Å². The van der Waals surface area contributed by atoms with Crippen LogP contribution in [0.3, 0.4) is 0 Å². The van der Waals surface area contributed by atoms with Gasteiger partial charge in [0.2, 0.25) is 0 Å². The van der Waals surface area contributed by atoms with Gasteiger partial charge in [-0.15, -0.1) is 0 Å². The lowest BCUT2D eigenvalue weighted by atomic mass is 10.1. The molecule has 0 unspecified atom stereocenters. The maximum atomic E-state index is 12.3. The van der Waals surface area contributed by atoms with Gasteiger partial charge in [-0.3, -0.25) is 14.1 Å². The Morgan fingerprint density at radius 3 is 1.66 bits per heavy atom. The van der Waals surface area contributed by atoms with Crippen LogP contribution in [0.5, 0.6) is 0 Å². The third-order valence-electron chi connectivity index (χ3n) is 6.72. The lowest BCUT2D eigenvalue weighted by molar-refractivity contribution is -0.161. The van der Waals surface area contributed by atoms with Gasteiger partial charge in [0.1, 0.15) is 6.61 Å². The molecule has 0 aromatic carbocycles. The Bertz CT molecular complexity index is 731. The molecule has 1 atom stereocenters. The van der Waals surface area contributed by atoms with Gasteiger partial charge in [-0.25, -0.2) is 4.57 Å². The molecule has 0 aromatic heterocycles. The van der Waals surface area contributed by atoms with Crippen molar-refractivity contribution in [3.05, 3.63) is 24.3 Å². The minimum atomic E-state index is -4.74. The number of allylic oxidation sites excluding steroid dienone is 4. The third-order valence-corrected chi connectivity index (χ3v) is 7.21. The van der Waals surface area contributed by atoms with E-state index in [2.05, 4.69) is 42.7 Å². The predicted octanol–water partition coefficient (Wildman–Crippen LogP) is 8.90. The van der Waals surface area contributed by atoms with Crippen molar-refractivity contribution in [2.45, 2.75) is 155 Å². The summed E-state index contributed by atoms with van der Waals surface area (Å²) in [5, 5.41) is 0. The van der Waals surface area contributed by atoms with Crippen molar-refractivity contribution >= 4 is 19.8 Å². The number of carbonyl (C=O) groups excluding carboxylic acids is 2. The van der Waals surface area contributed by atoms with Crippen LogP contribution >= 0.6 is 7.82 Å². The average Bonchev–Trinajstić information content (AvgIpc) is 2.93. The zero-order valence-corrected chi connectivity index (χ0v) is 26.8. The maximum Gasteiger partial charge on any atom is 0.469 e. The molecule has 240 valence electrons. The molecule has 0 bridgehead atoms. The topological polar surface area (TPSA) is 119 Å². The van der Waals surface area contributed by atoms with Gasteiger partial charge in [-0.05, 0) is 44.9 Å². The molecule has 0 saturated carbocycles. The van der Waals surface area contributed by atoms with Crippen LogP contribution in [0.4, 0.5) is 0 Å². The Kier molecular flexibility index (Phi) is 27.6. The zero-order valence-electron chi connectivity index (χ0n) is 25.9. The Labute approximate surface area is 249 Å². The van der Waals surface area contributed by atoms with E-state index in [0.717, 1.165) is 44.9 Å². The van der Waals surface area contributed by atoms with E-state index in [1.165, 1.54) is 70.6 Å². The number of phosphoric ester groups is 1. The minimum absolute atomic E-state index is 0.171. The minimum Gasteiger partial charge on any atom is -0.462 e. The molecule has 0 fully saturated rings. The van der Waals surface area contributed by atoms with Crippen LogP contribution in [0.25, 0.3) is 0 Å². The number of esters is 2. The summed E-state index contributed by atoms with van der Waals surface area (Å²) in [6.07, 6.45) is 29.2. The van der Waals surface area contributed by atoms with Crippen LogP contribution in [0.15, 0.2) is 24.3 Å². The van der Waals surface area contributed by atoms with Crippen molar-refractivity contribution in [1.82, 2.24) is 0 Å². The van der Waals surface area contributed by atoms with Gasteiger partial charge in [0, 0.05) is 12.8 Å². The Morgan fingerprint density at radius 2 is 1.10 bits per heavy atom. The van der Waals surface area contributed by atoms with Gasteiger partial charge in [-0.2, -0.15) is 0 Å². The van der Waals surface area contributed by atoms with Crippen molar-refractivity contribution in [2.75, 3.05) is 13.2 Å². The molecule has 9 heteroatoms. The molecule has 0 radical (unpaired) electrons. The highest BCUT2D eigenvalue weighted by atomic mass is 31.2. The summed E-state index contributed by atoms with van der Waals surface area (Å²) in [6.45, 7) is 3.58. The Balaban J connectivity index is 4.09. The van der Waals surface area contributed by atoms with E-state index < -0.39 is 32.5 Å². The van der Waals surface area contributed by atoms with Crippen molar-refractivity contribution < 1.29 is 37.9 Å². The van der Waals surface area contributed by atoms with Crippen LogP contribution in [0, 0.1) is 0 Å². The third kappa shape index (κ3) is 31.3. The maximum absolute atomic E-state index is 12.3.